The molecule has 0 bridgehead atoms. The Balaban J connectivity index is 2.34. The van der Waals surface area contributed by atoms with Gasteiger partial charge in [-0.05, 0) is 57.5 Å². The molecule has 1 fully saturated rings. The largest absolute Gasteiger partial charge is 0.396 e. The van der Waals surface area contributed by atoms with Crippen molar-refractivity contribution in [2.45, 2.75) is 38.3 Å². The first kappa shape index (κ1) is 14.8. The maximum absolute atomic E-state index is 9.33. The molecule has 1 unspecified atom stereocenters. The number of aliphatic hydroxyl groups excluding tert-OH is 1. The van der Waals surface area contributed by atoms with Crippen LogP contribution in [0.1, 0.15) is 26.7 Å². The number of aliphatic hydroxyl groups is 1. The summed E-state index contributed by atoms with van der Waals surface area (Å²) < 4.78 is 1.10. The lowest BCUT2D eigenvalue weighted by molar-refractivity contribution is 0.265. The minimum absolute atomic E-state index is 0.0944. The summed E-state index contributed by atoms with van der Waals surface area (Å²) in [5.74, 6) is 0. The smallest absolute Gasteiger partial charge is 0.0451 e. The van der Waals surface area contributed by atoms with Gasteiger partial charge in [0.15, 0.2) is 0 Å². The lowest BCUT2D eigenvalue weighted by atomic mass is 9.95. The van der Waals surface area contributed by atoms with Crippen LogP contribution in [0.4, 0.5) is 5.69 Å². The molecule has 3 nitrogen and oxygen atoms in total. The van der Waals surface area contributed by atoms with Crippen molar-refractivity contribution in [1.29, 1.82) is 0 Å². The third kappa shape index (κ3) is 3.50. The van der Waals surface area contributed by atoms with Crippen LogP contribution in [-0.2, 0) is 0 Å². The highest BCUT2D eigenvalue weighted by Gasteiger charge is 2.34. The Kier molecular flexibility index (Phi) is 4.87. The van der Waals surface area contributed by atoms with E-state index in [9.17, 15) is 5.11 Å². The van der Waals surface area contributed by atoms with Crippen LogP contribution in [-0.4, -0.2) is 36.4 Å². The summed E-state index contributed by atoms with van der Waals surface area (Å²) in [6, 6.07) is 8.81. The lowest BCUT2D eigenvalue weighted by Crippen LogP contribution is -2.51. The highest BCUT2D eigenvalue weighted by molar-refractivity contribution is 9.10. The molecule has 0 aromatic heterocycles. The quantitative estimate of drug-likeness (QED) is 0.896. The van der Waals surface area contributed by atoms with Crippen LogP contribution in [0.3, 0.4) is 0 Å². The molecule has 2 N–H and O–H groups in total. The SMILES string of the molecule is CC1(C)CCNCC(CCO)N1c1ccc(Br)cc1. The molecule has 1 aromatic carbocycles. The van der Waals surface area contributed by atoms with Crippen molar-refractivity contribution >= 4 is 21.6 Å². The molecule has 1 heterocycles. The number of hydrogen-bond acceptors (Lipinski definition) is 3. The van der Waals surface area contributed by atoms with E-state index < -0.39 is 0 Å². The molecule has 106 valence electrons. The van der Waals surface area contributed by atoms with Gasteiger partial charge in [0.05, 0.1) is 0 Å². The number of hydrogen-bond donors (Lipinski definition) is 2. The van der Waals surface area contributed by atoms with Crippen molar-refractivity contribution in [2.24, 2.45) is 0 Å². The number of halogens is 1. The Morgan fingerprint density at radius 1 is 1.37 bits per heavy atom. The van der Waals surface area contributed by atoms with Crippen LogP contribution in [0.5, 0.6) is 0 Å². The summed E-state index contributed by atoms with van der Waals surface area (Å²) in [6.07, 6.45) is 1.90. The minimum atomic E-state index is 0.0944. The van der Waals surface area contributed by atoms with Crippen LogP contribution in [0.15, 0.2) is 28.7 Å². The summed E-state index contributed by atoms with van der Waals surface area (Å²) in [6.45, 7) is 6.76. The van der Waals surface area contributed by atoms with E-state index in [-0.39, 0.29) is 12.1 Å². The standard InChI is InChI=1S/C15H23BrN2O/c1-15(2)8-9-17-11-14(7-10-19)18(15)13-5-3-12(16)4-6-13/h3-6,14,17,19H,7-11H2,1-2H3. The van der Waals surface area contributed by atoms with Crippen molar-refractivity contribution in [2.75, 3.05) is 24.6 Å². The second kappa shape index (κ2) is 6.25. The average Bonchev–Trinajstić information content (AvgIpc) is 2.50. The van der Waals surface area contributed by atoms with Gasteiger partial charge in [-0.15, -0.1) is 0 Å². The lowest BCUT2D eigenvalue weighted by Gasteiger charge is -2.44. The third-order valence-corrected chi connectivity index (χ3v) is 4.41. The van der Waals surface area contributed by atoms with E-state index >= 15 is 0 Å². The van der Waals surface area contributed by atoms with Crippen LogP contribution >= 0.6 is 15.9 Å². The molecule has 0 aliphatic carbocycles. The minimum Gasteiger partial charge on any atom is -0.396 e. The van der Waals surface area contributed by atoms with Crippen LogP contribution in [0.2, 0.25) is 0 Å². The summed E-state index contributed by atoms with van der Waals surface area (Å²) in [7, 11) is 0. The van der Waals surface area contributed by atoms with E-state index in [1.165, 1.54) is 5.69 Å². The predicted octanol–water partition coefficient (Wildman–Crippen LogP) is 2.78. The monoisotopic (exact) mass is 326 g/mol. The molecule has 1 atom stereocenters. The van der Waals surface area contributed by atoms with Crippen LogP contribution < -0.4 is 10.2 Å². The van der Waals surface area contributed by atoms with Gasteiger partial charge in [-0.3, -0.25) is 0 Å². The number of nitrogens with zero attached hydrogens (tertiary/aromatic N) is 1. The highest BCUT2D eigenvalue weighted by atomic mass is 79.9. The maximum Gasteiger partial charge on any atom is 0.0451 e. The van der Waals surface area contributed by atoms with Crippen molar-refractivity contribution in [3.8, 4) is 0 Å². The van der Waals surface area contributed by atoms with Gasteiger partial charge in [-0.1, -0.05) is 15.9 Å². The maximum atomic E-state index is 9.33. The Hall–Kier alpha value is -0.580. The highest BCUT2D eigenvalue weighted by Crippen LogP contribution is 2.32. The summed E-state index contributed by atoms with van der Waals surface area (Å²) >= 11 is 3.49. The number of benzene rings is 1. The molecular weight excluding hydrogens is 304 g/mol. The Labute approximate surface area is 124 Å². The van der Waals surface area contributed by atoms with Crippen LogP contribution in [0.25, 0.3) is 0 Å². The van der Waals surface area contributed by atoms with Crippen molar-refractivity contribution in [3.05, 3.63) is 28.7 Å². The van der Waals surface area contributed by atoms with E-state index in [1.54, 1.807) is 0 Å². The van der Waals surface area contributed by atoms with Gasteiger partial charge < -0.3 is 15.3 Å². The zero-order valence-corrected chi connectivity index (χ0v) is 13.3. The Bertz CT molecular complexity index is 405. The third-order valence-electron chi connectivity index (χ3n) is 3.88. The van der Waals surface area contributed by atoms with Crippen molar-refractivity contribution < 1.29 is 5.11 Å². The second-order valence-electron chi connectivity index (χ2n) is 5.78. The van der Waals surface area contributed by atoms with E-state index in [2.05, 4.69) is 64.3 Å². The number of anilines is 1. The molecule has 19 heavy (non-hydrogen) atoms. The number of nitrogens with one attached hydrogen (secondary N) is 1. The Morgan fingerprint density at radius 3 is 2.68 bits per heavy atom. The fraction of sp³-hybridized carbons (Fsp3) is 0.600. The Morgan fingerprint density at radius 2 is 2.05 bits per heavy atom. The van der Waals surface area contributed by atoms with Crippen molar-refractivity contribution in [3.63, 3.8) is 0 Å². The molecule has 0 amide bonds. The first-order valence-electron chi connectivity index (χ1n) is 6.91. The number of rotatable bonds is 3. The van der Waals surface area contributed by atoms with Crippen LogP contribution in [0, 0.1) is 0 Å². The predicted molar refractivity (Wildman–Crippen MR) is 83.7 cm³/mol. The molecule has 4 heteroatoms. The average molecular weight is 327 g/mol. The van der Waals surface area contributed by atoms with Gasteiger partial charge in [-0.25, -0.2) is 0 Å². The van der Waals surface area contributed by atoms with Gasteiger partial charge in [0.2, 0.25) is 0 Å². The molecule has 0 radical (unpaired) electrons. The van der Waals surface area contributed by atoms with Gasteiger partial charge in [0.25, 0.3) is 0 Å². The zero-order chi connectivity index (χ0) is 13.9. The van der Waals surface area contributed by atoms with Gasteiger partial charge in [0.1, 0.15) is 0 Å². The van der Waals surface area contributed by atoms with Gasteiger partial charge >= 0.3 is 0 Å². The van der Waals surface area contributed by atoms with Crippen molar-refractivity contribution in [1.82, 2.24) is 5.32 Å². The molecule has 1 aliphatic heterocycles. The first-order valence-corrected chi connectivity index (χ1v) is 7.70. The molecule has 1 aliphatic rings. The molecule has 1 saturated heterocycles. The van der Waals surface area contributed by atoms with E-state index in [4.69, 9.17) is 0 Å². The first-order chi connectivity index (χ1) is 9.04. The molecule has 0 spiro atoms. The molecule has 1 aromatic rings. The second-order valence-corrected chi connectivity index (χ2v) is 6.69. The normalized spacial score (nSPS) is 23.2. The molecule has 2 rings (SSSR count). The molecule has 0 saturated carbocycles. The fourth-order valence-corrected chi connectivity index (χ4v) is 3.18. The zero-order valence-electron chi connectivity index (χ0n) is 11.7. The summed E-state index contributed by atoms with van der Waals surface area (Å²) in [5.41, 5.74) is 1.33. The molecular formula is C15H23BrN2O. The van der Waals surface area contributed by atoms with E-state index in [0.29, 0.717) is 6.04 Å². The van der Waals surface area contributed by atoms with E-state index in [1.807, 2.05) is 0 Å². The topological polar surface area (TPSA) is 35.5 Å². The fourth-order valence-electron chi connectivity index (χ4n) is 2.91. The summed E-state index contributed by atoms with van der Waals surface area (Å²) in [4.78, 5) is 2.47. The summed E-state index contributed by atoms with van der Waals surface area (Å²) in [5, 5.41) is 12.8. The van der Waals surface area contributed by atoms with Gasteiger partial charge in [-0.2, -0.15) is 0 Å². The van der Waals surface area contributed by atoms with E-state index in [0.717, 1.165) is 30.4 Å². The van der Waals surface area contributed by atoms with Gasteiger partial charge in [0, 0.05) is 34.9 Å².